The molecular formula is C21H28N4O. The van der Waals surface area contributed by atoms with Gasteiger partial charge in [0.15, 0.2) is 0 Å². The number of pyridine rings is 1. The van der Waals surface area contributed by atoms with E-state index < -0.39 is 0 Å². The van der Waals surface area contributed by atoms with E-state index in [0.29, 0.717) is 29.3 Å². The molecule has 2 unspecified atom stereocenters. The summed E-state index contributed by atoms with van der Waals surface area (Å²) in [5.74, 6) is 2.54. The van der Waals surface area contributed by atoms with Crippen molar-refractivity contribution < 1.29 is 4.79 Å². The van der Waals surface area contributed by atoms with Crippen LogP contribution in [0.1, 0.15) is 51.0 Å². The van der Waals surface area contributed by atoms with Crippen molar-refractivity contribution >= 4 is 11.6 Å². The molecule has 1 saturated heterocycles. The van der Waals surface area contributed by atoms with E-state index in [1.807, 2.05) is 6.07 Å². The highest BCUT2D eigenvalue weighted by molar-refractivity contribution is 5.79. The third kappa shape index (κ3) is 3.42. The number of rotatable bonds is 3. The Morgan fingerprint density at radius 1 is 1.23 bits per heavy atom. The summed E-state index contributed by atoms with van der Waals surface area (Å²) in [6.45, 7) is 4.26. The Bertz CT molecular complexity index is 690. The Hall–Kier alpha value is -2.09. The molecule has 3 fully saturated rings. The maximum Gasteiger partial charge on any atom is 0.223 e. The standard InChI is InChI=1S/C21H28N4O/c1-14-2-4-15(5-3-14)21(26)24-19-8-16-12-25(13-17(16)9-19)20-6-7-23-11-18(20)10-22/h6-7,11,14-17,19H,2-5,8-9,12-13H2,1H3,(H,24,26). The number of nitrogens with zero attached hydrogens (tertiary/aromatic N) is 3. The van der Waals surface area contributed by atoms with E-state index >= 15 is 0 Å². The van der Waals surface area contributed by atoms with E-state index in [4.69, 9.17) is 0 Å². The van der Waals surface area contributed by atoms with Crippen LogP contribution in [0, 0.1) is 35.0 Å². The normalized spacial score (nSPS) is 33.5. The number of aromatic nitrogens is 1. The van der Waals surface area contributed by atoms with E-state index in [1.165, 1.54) is 12.8 Å². The van der Waals surface area contributed by atoms with Crippen LogP contribution in [0.15, 0.2) is 18.5 Å². The van der Waals surface area contributed by atoms with Gasteiger partial charge in [-0.05, 0) is 62.3 Å². The van der Waals surface area contributed by atoms with Crippen molar-refractivity contribution in [3.05, 3.63) is 24.0 Å². The molecular weight excluding hydrogens is 324 g/mol. The molecule has 3 aliphatic rings. The molecule has 0 spiro atoms. The van der Waals surface area contributed by atoms with Gasteiger partial charge >= 0.3 is 0 Å². The molecule has 1 amide bonds. The van der Waals surface area contributed by atoms with Crippen LogP contribution in [0.25, 0.3) is 0 Å². The van der Waals surface area contributed by atoms with Crippen molar-refractivity contribution in [2.24, 2.45) is 23.7 Å². The number of fused-ring (bicyclic) bond motifs is 1. The molecule has 0 radical (unpaired) electrons. The van der Waals surface area contributed by atoms with Crippen LogP contribution in [0.5, 0.6) is 0 Å². The van der Waals surface area contributed by atoms with E-state index in [0.717, 1.165) is 50.4 Å². The first-order chi connectivity index (χ1) is 12.6. The summed E-state index contributed by atoms with van der Waals surface area (Å²) < 4.78 is 0. The lowest BCUT2D eigenvalue weighted by atomic mass is 9.82. The van der Waals surface area contributed by atoms with Gasteiger partial charge in [-0.25, -0.2) is 0 Å². The number of carbonyl (C=O) groups excluding carboxylic acids is 1. The van der Waals surface area contributed by atoms with E-state index in [9.17, 15) is 10.1 Å². The predicted octanol–water partition coefficient (Wildman–Crippen LogP) is 3.11. The molecule has 0 aromatic carbocycles. The molecule has 5 heteroatoms. The first kappa shape index (κ1) is 17.3. The largest absolute Gasteiger partial charge is 0.370 e. The van der Waals surface area contributed by atoms with Gasteiger partial charge in [-0.3, -0.25) is 9.78 Å². The first-order valence-electron chi connectivity index (χ1n) is 10.0. The SMILES string of the molecule is CC1CCC(C(=O)NC2CC3CN(c4ccncc4C#N)CC3C2)CC1. The van der Waals surface area contributed by atoms with Crippen molar-refractivity contribution in [1.29, 1.82) is 5.26 Å². The zero-order valence-electron chi connectivity index (χ0n) is 15.5. The highest BCUT2D eigenvalue weighted by Gasteiger charge is 2.42. The van der Waals surface area contributed by atoms with Gasteiger partial charge < -0.3 is 10.2 Å². The maximum absolute atomic E-state index is 12.6. The Kier molecular flexibility index (Phi) is 4.84. The zero-order valence-corrected chi connectivity index (χ0v) is 15.5. The number of nitrogens with one attached hydrogen (secondary N) is 1. The lowest BCUT2D eigenvalue weighted by molar-refractivity contribution is -0.126. The molecule has 2 aliphatic carbocycles. The van der Waals surface area contributed by atoms with Gasteiger partial charge in [0.05, 0.1) is 11.3 Å². The minimum absolute atomic E-state index is 0.234. The van der Waals surface area contributed by atoms with Gasteiger partial charge in [-0.1, -0.05) is 6.92 Å². The lowest BCUT2D eigenvalue weighted by Gasteiger charge is -2.27. The minimum Gasteiger partial charge on any atom is -0.370 e. The second-order valence-electron chi connectivity index (χ2n) is 8.56. The summed E-state index contributed by atoms with van der Waals surface area (Å²) in [5, 5.41) is 12.6. The third-order valence-corrected chi connectivity index (χ3v) is 6.74. The Morgan fingerprint density at radius 3 is 2.58 bits per heavy atom. The Morgan fingerprint density at radius 2 is 1.92 bits per heavy atom. The molecule has 2 saturated carbocycles. The maximum atomic E-state index is 12.6. The molecule has 2 heterocycles. The van der Waals surface area contributed by atoms with Crippen LogP contribution < -0.4 is 10.2 Å². The summed E-state index contributed by atoms with van der Waals surface area (Å²) in [6, 6.07) is 4.54. The minimum atomic E-state index is 0.234. The number of hydrogen-bond acceptors (Lipinski definition) is 4. The summed E-state index contributed by atoms with van der Waals surface area (Å²) in [6.07, 6.45) is 10.0. The number of nitriles is 1. The first-order valence-corrected chi connectivity index (χ1v) is 10.0. The lowest BCUT2D eigenvalue weighted by Crippen LogP contribution is -2.39. The van der Waals surface area contributed by atoms with E-state index in [-0.39, 0.29) is 5.92 Å². The van der Waals surface area contributed by atoms with Crippen LogP contribution in [-0.2, 0) is 4.79 Å². The van der Waals surface area contributed by atoms with Gasteiger partial charge in [-0.15, -0.1) is 0 Å². The van der Waals surface area contributed by atoms with Gasteiger partial charge in [0.25, 0.3) is 0 Å². The highest BCUT2D eigenvalue weighted by atomic mass is 16.1. The van der Waals surface area contributed by atoms with Gasteiger partial charge in [-0.2, -0.15) is 5.26 Å². The summed E-state index contributed by atoms with van der Waals surface area (Å²) in [4.78, 5) is 19.0. The van der Waals surface area contributed by atoms with Gasteiger partial charge in [0, 0.05) is 37.4 Å². The van der Waals surface area contributed by atoms with Crippen LogP contribution in [0.4, 0.5) is 5.69 Å². The van der Waals surface area contributed by atoms with E-state index in [2.05, 4.69) is 28.2 Å². The second kappa shape index (κ2) is 7.26. The van der Waals surface area contributed by atoms with Crippen LogP contribution in [0.2, 0.25) is 0 Å². The quantitative estimate of drug-likeness (QED) is 0.907. The Labute approximate surface area is 155 Å². The molecule has 1 aliphatic heterocycles. The number of hydrogen-bond donors (Lipinski definition) is 1. The fourth-order valence-corrected chi connectivity index (χ4v) is 5.20. The molecule has 5 nitrogen and oxygen atoms in total. The second-order valence-corrected chi connectivity index (χ2v) is 8.56. The fourth-order valence-electron chi connectivity index (χ4n) is 5.20. The fraction of sp³-hybridized carbons (Fsp3) is 0.667. The van der Waals surface area contributed by atoms with Crippen molar-refractivity contribution in [2.75, 3.05) is 18.0 Å². The van der Waals surface area contributed by atoms with Crippen molar-refractivity contribution in [3.8, 4) is 6.07 Å². The number of carbonyl (C=O) groups is 1. The molecule has 4 rings (SSSR count). The average molecular weight is 352 g/mol. The smallest absolute Gasteiger partial charge is 0.223 e. The summed E-state index contributed by atoms with van der Waals surface area (Å²) >= 11 is 0. The predicted molar refractivity (Wildman–Crippen MR) is 100 cm³/mol. The molecule has 1 aromatic heterocycles. The van der Waals surface area contributed by atoms with Crippen molar-refractivity contribution in [2.45, 2.75) is 51.5 Å². The summed E-state index contributed by atoms with van der Waals surface area (Å²) in [5.41, 5.74) is 1.66. The van der Waals surface area contributed by atoms with Crippen molar-refractivity contribution in [1.82, 2.24) is 10.3 Å². The molecule has 1 N–H and O–H groups in total. The molecule has 0 bridgehead atoms. The zero-order chi connectivity index (χ0) is 18.1. The molecule has 138 valence electrons. The molecule has 1 aromatic rings. The van der Waals surface area contributed by atoms with E-state index in [1.54, 1.807) is 12.4 Å². The topological polar surface area (TPSA) is 69.0 Å². The molecule has 26 heavy (non-hydrogen) atoms. The molecule has 2 atom stereocenters. The van der Waals surface area contributed by atoms with Gasteiger partial charge in [0.2, 0.25) is 5.91 Å². The Balaban J connectivity index is 1.31. The van der Waals surface area contributed by atoms with Crippen LogP contribution in [0.3, 0.4) is 0 Å². The van der Waals surface area contributed by atoms with Crippen LogP contribution in [-0.4, -0.2) is 30.0 Å². The summed E-state index contributed by atoms with van der Waals surface area (Å²) in [7, 11) is 0. The average Bonchev–Trinajstić information content (AvgIpc) is 3.20. The third-order valence-electron chi connectivity index (χ3n) is 6.74. The monoisotopic (exact) mass is 352 g/mol. The number of anilines is 1. The van der Waals surface area contributed by atoms with Crippen LogP contribution >= 0.6 is 0 Å². The number of amides is 1. The van der Waals surface area contributed by atoms with Crippen molar-refractivity contribution in [3.63, 3.8) is 0 Å². The van der Waals surface area contributed by atoms with Gasteiger partial charge in [0.1, 0.15) is 6.07 Å². The highest BCUT2D eigenvalue weighted by Crippen LogP contribution is 2.40.